The van der Waals surface area contributed by atoms with Crippen molar-refractivity contribution in [3.63, 3.8) is 0 Å². The molecule has 5 nitrogen and oxygen atoms in total. The van der Waals surface area contributed by atoms with Crippen molar-refractivity contribution >= 4 is 52.0 Å². The Kier molecular flexibility index (Phi) is 10.3. The lowest BCUT2D eigenvalue weighted by atomic mass is 10.2. The van der Waals surface area contributed by atoms with Crippen LogP contribution in [0.4, 0.5) is 0 Å². The Morgan fingerprint density at radius 2 is 1.33 bits per heavy atom. The molecule has 0 unspecified atom stereocenters. The predicted molar refractivity (Wildman–Crippen MR) is 110 cm³/mol. The summed E-state index contributed by atoms with van der Waals surface area (Å²) in [6.07, 6.45) is 1.72. The number of rotatable bonds is 11. The molecule has 0 aliphatic heterocycles. The average molecular weight is 488 g/mol. The van der Waals surface area contributed by atoms with Crippen LogP contribution < -0.4 is 10.6 Å². The Morgan fingerprint density at radius 1 is 0.917 bits per heavy atom. The molecule has 0 spiro atoms. The molecule has 0 heterocycles. The molecule has 24 heavy (non-hydrogen) atoms. The van der Waals surface area contributed by atoms with E-state index >= 15 is 0 Å². The fourth-order valence-electron chi connectivity index (χ4n) is 1.83. The van der Waals surface area contributed by atoms with E-state index in [0.29, 0.717) is 19.7 Å². The Hall–Kier alpha value is 0.0769. The zero-order valence-electron chi connectivity index (χ0n) is 15.7. The summed E-state index contributed by atoms with van der Waals surface area (Å²) < 4.78 is 4.97. The molecular weight excluding hydrogens is 456 g/mol. The molecule has 0 atom stereocenters. The summed E-state index contributed by atoms with van der Waals surface area (Å²) in [6, 6.07) is 0.997. The van der Waals surface area contributed by atoms with Crippen LogP contribution in [0.25, 0.3) is 0 Å². The molecule has 0 aromatic heterocycles. The summed E-state index contributed by atoms with van der Waals surface area (Å²) in [5.74, 6) is -0.00203. The monoisotopic (exact) mass is 486 g/mol. The summed E-state index contributed by atoms with van der Waals surface area (Å²) in [5, 5.41) is 5.81. The molecule has 0 rings (SSSR count). The van der Waals surface area contributed by atoms with Crippen molar-refractivity contribution in [2.24, 2.45) is 0 Å². The Bertz CT molecular complexity index is 419. The van der Waals surface area contributed by atoms with Gasteiger partial charge in [-0.05, 0) is 59.7 Å². The van der Waals surface area contributed by atoms with Gasteiger partial charge in [0, 0.05) is 19.7 Å². The number of hydrogen-bond donors (Lipinski definition) is 2. The van der Waals surface area contributed by atoms with Crippen molar-refractivity contribution in [3.05, 3.63) is 0 Å². The maximum atomic E-state index is 11.7. The number of halogens is 2. The van der Waals surface area contributed by atoms with Crippen LogP contribution in [0, 0.1) is 0 Å². The van der Waals surface area contributed by atoms with E-state index in [1.54, 1.807) is 0 Å². The fraction of sp³-hybridized carbons (Fsp3) is 0.875. The smallest absolute Gasteiger partial charge is 0.236 e. The van der Waals surface area contributed by atoms with Gasteiger partial charge in [0.2, 0.25) is 11.8 Å². The normalized spacial score (nSPS) is 12.8. The molecule has 0 aliphatic rings. The molecule has 142 valence electrons. The van der Waals surface area contributed by atoms with Gasteiger partial charge in [0.15, 0.2) is 8.32 Å². The van der Waals surface area contributed by atoms with Crippen molar-refractivity contribution in [1.82, 2.24) is 10.6 Å². The van der Waals surface area contributed by atoms with Gasteiger partial charge in [-0.2, -0.15) is 0 Å². The van der Waals surface area contributed by atoms with E-state index in [1.165, 1.54) is 0 Å². The second kappa shape index (κ2) is 10.3. The van der Waals surface area contributed by atoms with E-state index in [4.69, 9.17) is 4.43 Å². The Labute approximate surface area is 164 Å². The van der Waals surface area contributed by atoms with Crippen LogP contribution in [0.2, 0.25) is 19.1 Å². The van der Waals surface area contributed by atoms with E-state index in [0.717, 1.165) is 18.9 Å². The molecule has 0 saturated carbocycles. The highest BCUT2D eigenvalue weighted by Gasteiger charge is 2.25. The van der Waals surface area contributed by atoms with Crippen molar-refractivity contribution in [2.45, 2.75) is 68.3 Å². The van der Waals surface area contributed by atoms with Crippen LogP contribution in [0.5, 0.6) is 0 Å². The van der Waals surface area contributed by atoms with Crippen molar-refractivity contribution < 1.29 is 14.0 Å². The summed E-state index contributed by atoms with van der Waals surface area (Å²) in [6.45, 7) is 13.6. The molecule has 0 aromatic rings. The zero-order valence-corrected chi connectivity index (χ0v) is 19.9. The lowest BCUT2D eigenvalue weighted by molar-refractivity contribution is -0.123. The lowest BCUT2D eigenvalue weighted by Crippen LogP contribution is -2.39. The van der Waals surface area contributed by atoms with Crippen LogP contribution in [0.15, 0.2) is 0 Å². The Balaban J connectivity index is 3.83. The quantitative estimate of drug-likeness (QED) is 0.266. The first-order valence-corrected chi connectivity index (χ1v) is 13.0. The SMILES string of the molecule is CC(C)(Br)C(=O)NCCCO[Si](C)(C)CCCNC(=O)C(C)(C)Br. The maximum absolute atomic E-state index is 11.7. The van der Waals surface area contributed by atoms with Crippen LogP contribution in [-0.2, 0) is 14.0 Å². The number of nitrogens with one attached hydrogen (secondary N) is 2. The van der Waals surface area contributed by atoms with E-state index in [1.807, 2.05) is 27.7 Å². The highest BCUT2D eigenvalue weighted by molar-refractivity contribution is 9.10. The number of hydrogen-bond acceptors (Lipinski definition) is 3. The highest BCUT2D eigenvalue weighted by Crippen LogP contribution is 2.17. The van der Waals surface area contributed by atoms with Crippen LogP contribution in [0.1, 0.15) is 40.5 Å². The largest absolute Gasteiger partial charge is 0.417 e. The number of alkyl halides is 2. The summed E-state index contributed by atoms with van der Waals surface area (Å²) >= 11 is 6.68. The fourth-order valence-corrected chi connectivity index (χ4v) is 3.98. The molecular formula is C16H32Br2N2O3Si. The minimum absolute atomic E-state index is 0.00773. The van der Waals surface area contributed by atoms with E-state index in [2.05, 4.69) is 55.6 Å². The van der Waals surface area contributed by atoms with Gasteiger partial charge in [-0.25, -0.2) is 0 Å². The van der Waals surface area contributed by atoms with E-state index < -0.39 is 17.0 Å². The molecule has 0 aliphatic carbocycles. The van der Waals surface area contributed by atoms with Gasteiger partial charge in [0.1, 0.15) is 0 Å². The first kappa shape index (κ1) is 24.1. The van der Waals surface area contributed by atoms with E-state index in [9.17, 15) is 9.59 Å². The highest BCUT2D eigenvalue weighted by atomic mass is 79.9. The molecule has 0 saturated heterocycles. The zero-order chi connectivity index (χ0) is 19.0. The number of carbonyl (C=O) groups excluding carboxylic acids is 2. The second-order valence-corrected chi connectivity index (χ2v) is 15.8. The number of amides is 2. The third kappa shape index (κ3) is 11.6. The van der Waals surface area contributed by atoms with Crippen LogP contribution >= 0.6 is 31.9 Å². The predicted octanol–water partition coefficient (Wildman–Crippen LogP) is 3.57. The summed E-state index contributed by atoms with van der Waals surface area (Å²) in [5.41, 5.74) is 0. The minimum atomic E-state index is -1.72. The molecule has 8 heteroatoms. The molecule has 0 radical (unpaired) electrons. The maximum Gasteiger partial charge on any atom is 0.236 e. The molecule has 0 aromatic carbocycles. The van der Waals surface area contributed by atoms with E-state index in [-0.39, 0.29) is 11.8 Å². The van der Waals surface area contributed by atoms with Crippen molar-refractivity contribution in [2.75, 3.05) is 19.7 Å². The van der Waals surface area contributed by atoms with Gasteiger partial charge < -0.3 is 15.1 Å². The van der Waals surface area contributed by atoms with Crippen LogP contribution in [-0.4, -0.2) is 48.5 Å². The first-order chi connectivity index (χ1) is 10.8. The molecule has 2 N–H and O–H groups in total. The average Bonchev–Trinajstić information content (AvgIpc) is 2.40. The van der Waals surface area contributed by atoms with Gasteiger partial charge in [0.05, 0.1) is 8.65 Å². The summed E-state index contributed by atoms with van der Waals surface area (Å²) in [7, 11) is -1.72. The van der Waals surface area contributed by atoms with Gasteiger partial charge in [-0.1, -0.05) is 31.9 Å². The van der Waals surface area contributed by atoms with Gasteiger partial charge in [-0.15, -0.1) is 0 Å². The molecule has 0 bridgehead atoms. The third-order valence-corrected chi connectivity index (χ3v) is 6.68. The minimum Gasteiger partial charge on any atom is -0.417 e. The lowest BCUT2D eigenvalue weighted by Gasteiger charge is -2.23. The summed E-state index contributed by atoms with van der Waals surface area (Å²) in [4.78, 5) is 23.4. The van der Waals surface area contributed by atoms with Gasteiger partial charge in [-0.3, -0.25) is 9.59 Å². The topological polar surface area (TPSA) is 67.4 Å². The van der Waals surface area contributed by atoms with Crippen molar-refractivity contribution in [3.8, 4) is 0 Å². The van der Waals surface area contributed by atoms with Crippen molar-refractivity contribution in [1.29, 1.82) is 0 Å². The molecule has 0 fully saturated rings. The third-order valence-electron chi connectivity index (χ3n) is 3.42. The van der Waals surface area contributed by atoms with Gasteiger partial charge in [0.25, 0.3) is 0 Å². The standard InChI is InChI=1S/C16H32Br2N2O3Si/c1-15(2,17)13(21)19-9-7-11-23-24(5,6)12-8-10-20-14(22)16(3,4)18/h7-12H2,1-6H3,(H,19,21)(H,20,22). The second-order valence-electron chi connectivity index (χ2n) is 7.52. The first-order valence-electron chi connectivity index (χ1n) is 8.34. The van der Waals surface area contributed by atoms with Crippen LogP contribution in [0.3, 0.4) is 0 Å². The van der Waals surface area contributed by atoms with Gasteiger partial charge >= 0.3 is 0 Å². The molecule has 2 amide bonds. The Morgan fingerprint density at radius 3 is 1.75 bits per heavy atom. The number of carbonyl (C=O) groups is 2.